The van der Waals surface area contributed by atoms with E-state index >= 15 is 0 Å². The quantitative estimate of drug-likeness (QED) is 0.889. The molecule has 0 spiro atoms. The smallest absolute Gasteiger partial charge is 0.0537 e. The van der Waals surface area contributed by atoms with Gasteiger partial charge in [0.15, 0.2) is 0 Å². The summed E-state index contributed by atoms with van der Waals surface area (Å²) < 4.78 is 2.06. The largest absolute Gasteiger partial charge is 0.330 e. The van der Waals surface area contributed by atoms with E-state index in [0.29, 0.717) is 12.0 Å². The molecular formula is C14H26N4. The Morgan fingerprint density at radius 1 is 1.44 bits per heavy atom. The molecule has 0 radical (unpaired) electrons. The Labute approximate surface area is 110 Å². The van der Waals surface area contributed by atoms with E-state index in [-0.39, 0.29) is 0 Å². The Bertz CT molecular complexity index is 360. The van der Waals surface area contributed by atoms with Gasteiger partial charge < -0.3 is 5.73 Å². The minimum absolute atomic E-state index is 0.447. The first kappa shape index (κ1) is 13.6. The van der Waals surface area contributed by atoms with Crippen LogP contribution in [-0.2, 0) is 6.54 Å². The summed E-state index contributed by atoms with van der Waals surface area (Å²) >= 11 is 0. The van der Waals surface area contributed by atoms with Crippen LogP contribution in [0.1, 0.15) is 44.2 Å². The fourth-order valence-electron chi connectivity index (χ4n) is 3.08. The molecule has 0 aromatic carbocycles. The molecule has 102 valence electrons. The fourth-order valence-corrected chi connectivity index (χ4v) is 3.08. The zero-order chi connectivity index (χ0) is 13.0. The summed E-state index contributed by atoms with van der Waals surface area (Å²) in [6.45, 7) is 5.12. The van der Waals surface area contributed by atoms with Crippen molar-refractivity contribution in [3.63, 3.8) is 0 Å². The molecule has 1 fully saturated rings. The van der Waals surface area contributed by atoms with E-state index in [9.17, 15) is 0 Å². The number of nitrogens with two attached hydrogens (primary N) is 1. The van der Waals surface area contributed by atoms with E-state index in [1.807, 2.05) is 6.20 Å². The van der Waals surface area contributed by atoms with Crippen LogP contribution in [0.4, 0.5) is 0 Å². The lowest BCUT2D eigenvalue weighted by Crippen LogP contribution is -2.32. The van der Waals surface area contributed by atoms with Crippen LogP contribution >= 0.6 is 0 Å². The molecule has 2 heterocycles. The highest BCUT2D eigenvalue weighted by molar-refractivity contribution is 5.13. The molecule has 0 bridgehead atoms. The molecule has 18 heavy (non-hydrogen) atoms. The van der Waals surface area contributed by atoms with Gasteiger partial charge in [-0.3, -0.25) is 9.58 Å². The van der Waals surface area contributed by atoms with Gasteiger partial charge in [-0.15, -0.1) is 0 Å². The monoisotopic (exact) mass is 250 g/mol. The van der Waals surface area contributed by atoms with Crippen molar-refractivity contribution in [2.45, 2.75) is 45.2 Å². The van der Waals surface area contributed by atoms with Crippen LogP contribution in [-0.4, -0.2) is 34.8 Å². The first-order valence-electron chi connectivity index (χ1n) is 7.19. The summed E-state index contributed by atoms with van der Waals surface area (Å²) in [5.74, 6) is 0.566. The van der Waals surface area contributed by atoms with Gasteiger partial charge in [0.25, 0.3) is 0 Å². The topological polar surface area (TPSA) is 47.1 Å². The summed E-state index contributed by atoms with van der Waals surface area (Å²) in [7, 11) is 2.22. The predicted molar refractivity (Wildman–Crippen MR) is 74.3 cm³/mol. The minimum Gasteiger partial charge on any atom is -0.330 e. The molecule has 1 aromatic heterocycles. The third kappa shape index (κ3) is 2.93. The summed E-state index contributed by atoms with van der Waals surface area (Å²) in [6.07, 6.45) is 9.19. The van der Waals surface area contributed by atoms with Crippen LogP contribution in [0.3, 0.4) is 0 Å². The van der Waals surface area contributed by atoms with Crippen molar-refractivity contribution in [1.29, 1.82) is 0 Å². The van der Waals surface area contributed by atoms with E-state index in [1.54, 1.807) is 0 Å². The Morgan fingerprint density at radius 3 is 3.00 bits per heavy atom. The molecule has 4 nitrogen and oxygen atoms in total. The van der Waals surface area contributed by atoms with Crippen LogP contribution in [0, 0.1) is 5.92 Å². The molecule has 2 atom stereocenters. The molecule has 2 N–H and O–H groups in total. The van der Waals surface area contributed by atoms with Crippen molar-refractivity contribution in [2.24, 2.45) is 11.7 Å². The summed E-state index contributed by atoms with van der Waals surface area (Å²) in [5, 5.41) is 4.46. The maximum absolute atomic E-state index is 5.97. The number of hydrogen-bond donors (Lipinski definition) is 1. The summed E-state index contributed by atoms with van der Waals surface area (Å²) in [5.41, 5.74) is 7.31. The Hall–Kier alpha value is -0.870. The fraction of sp³-hybridized carbons (Fsp3) is 0.786. The van der Waals surface area contributed by atoms with Gasteiger partial charge in [0, 0.05) is 24.3 Å². The van der Waals surface area contributed by atoms with Crippen molar-refractivity contribution in [1.82, 2.24) is 14.7 Å². The standard InChI is InChI=1S/C14H26N4/c1-3-7-18-11-13(10-16-18)14-12(9-15)6-4-5-8-17(14)2/h10-12,14H,3-9,15H2,1-2H3. The van der Waals surface area contributed by atoms with Crippen LogP contribution in [0.15, 0.2) is 12.4 Å². The molecule has 2 rings (SSSR count). The van der Waals surface area contributed by atoms with Crippen molar-refractivity contribution in [2.75, 3.05) is 20.1 Å². The third-order valence-corrected chi connectivity index (χ3v) is 4.01. The van der Waals surface area contributed by atoms with Gasteiger partial charge in [-0.1, -0.05) is 13.3 Å². The Morgan fingerprint density at radius 2 is 2.28 bits per heavy atom. The lowest BCUT2D eigenvalue weighted by molar-refractivity contribution is 0.196. The highest BCUT2D eigenvalue weighted by atomic mass is 15.3. The van der Waals surface area contributed by atoms with E-state index in [0.717, 1.165) is 19.5 Å². The molecule has 0 aliphatic carbocycles. The minimum atomic E-state index is 0.447. The number of nitrogens with zero attached hydrogens (tertiary/aromatic N) is 3. The van der Waals surface area contributed by atoms with E-state index < -0.39 is 0 Å². The van der Waals surface area contributed by atoms with Crippen LogP contribution in [0.5, 0.6) is 0 Å². The molecule has 1 aromatic rings. The highest BCUT2D eigenvalue weighted by Crippen LogP contribution is 2.33. The number of rotatable bonds is 4. The normalized spacial score (nSPS) is 26.2. The van der Waals surface area contributed by atoms with Gasteiger partial charge in [0.1, 0.15) is 0 Å². The van der Waals surface area contributed by atoms with Crippen molar-refractivity contribution < 1.29 is 0 Å². The van der Waals surface area contributed by atoms with Crippen LogP contribution in [0.25, 0.3) is 0 Å². The molecule has 0 saturated carbocycles. The predicted octanol–water partition coefficient (Wildman–Crippen LogP) is 2.02. The average molecular weight is 250 g/mol. The summed E-state index contributed by atoms with van der Waals surface area (Å²) in [4.78, 5) is 2.46. The van der Waals surface area contributed by atoms with Gasteiger partial charge in [-0.05, 0) is 45.3 Å². The molecule has 1 aliphatic heterocycles. The second-order valence-corrected chi connectivity index (χ2v) is 5.45. The number of hydrogen-bond acceptors (Lipinski definition) is 3. The SMILES string of the molecule is CCCn1cc(C2C(CN)CCCCN2C)cn1. The molecule has 0 amide bonds. The van der Waals surface area contributed by atoms with Gasteiger partial charge in [0.05, 0.1) is 6.20 Å². The van der Waals surface area contributed by atoms with Crippen molar-refractivity contribution in [3.05, 3.63) is 18.0 Å². The first-order chi connectivity index (χ1) is 8.76. The Kier molecular flexibility index (Phi) is 4.78. The van der Waals surface area contributed by atoms with Gasteiger partial charge >= 0.3 is 0 Å². The Balaban J connectivity index is 2.19. The van der Waals surface area contributed by atoms with Crippen LogP contribution in [0.2, 0.25) is 0 Å². The van der Waals surface area contributed by atoms with Gasteiger partial charge in [-0.25, -0.2) is 0 Å². The number of aryl methyl sites for hydroxylation is 1. The lowest BCUT2D eigenvalue weighted by Gasteiger charge is -2.30. The molecule has 4 heteroatoms. The zero-order valence-corrected chi connectivity index (χ0v) is 11.7. The van der Waals surface area contributed by atoms with Crippen LogP contribution < -0.4 is 5.73 Å². The average Bonchev–Trinajstić information content (AvgIpc) is 2.73. The van der Waals surface area contributed by atoms with E-state index in [1.165, 1.54) is 31.4 Å². The second-order valence-electron chi connectivity index (χ2n) is 5.45. The summed E-state index contributed by atoms with van der Waals surface area (Å²) in [6, 6.07) is 0.447. The first-order valence-corrected chi connectivity index (χ1v) is 7.19. The maximum Gasteiger partial charge on any atom is 0.0537 e. The highest BCUT2D eigenvalue weighted by Gasteiger charge is 2.28. The molecule has 1 aliphatic rings. The number of aromatic nitrogens is 2. The van der Waals surface area contributed by atoms with Crippen molar-refractivity contribution >= 4 is 0 Å². The van der Waals surface area contributed by atoms with Crippen molar-refractivity contribution in [3.8, 4) is 0 Å². The van der Waals surface area contributed by atoms with Gasteiger partial charge in [-0.2, -0.15) is 5.10 Å². The van der Waals surface area contributed by atoms with Gasteiger partial charge in [0.2, 0.25) is 0 Å². The zero-order valence-electron chi connectivity index (χ0n) is 11.7. The van der Waals surface area contributed by atoms with E-state index in [2.05, 4.69) is 34.8 Å². The molecule has 2 unspecified atom stereocenters. The lowest BCUT2D eigenvalue weighted by atomic mass is 9.91. The maximum atomic E-state index is 5.97. The third-order valence-electron chi connectivity index (χ3n) is 4.01. The second kappa shape index (κ2) is 6.34. The van der Waals surface area contributed by atoms with E-state index in [4.69, 9.17) is 5.73 Å². The molecular weight excluding hydrogens is 224 g/mol. The molecule has 1 saturated heterocycles. The number of likely N-dealkylation sites (tertiary alicyclic amines) is 1.